The largest absolute Gasteiger partial charge is 0.478 e. The SMILES string of the molecule is CCCCCCCCNc1cc(C(=O)O)cc(C)n1. The van der Waals surface area contributed by atoms with E-state index in [1.165, 1.54) is 32.1 Å². The molecular weight excluding hydrogens is 240 g/mol. The Bertz CT molecular complexity index is 405. The number of pyridine rings is 1. The Balaban J connectivity index is 2.31. The van der Waals surface area contributed by atoms with Crippen LogP contribution in [0.4, 0.5) is 5.82 Å². The fourth-order valence-electron chi connectivity index (χ4n) is 2.00. The highest BCUT2D eigenvalue weighted by Crippen LogP contribution is 2.11. The molecule has 0 saturated carbocycles. The Hall–Kier alpha value is -1.58. The number of aryl methyl sites for hydroxylation is 1. The average Bonchev–Trinajstić information content (AvgIpc) is 2.37. The number of aromatic nitrogens is 1. The number of carboxylic acids is 1. The normalized spacial score (nSPS) is 10.4. The van der Waals surface area contributed by atoms with E-state index in [2.05, 4.69) is 17.2 Å². The number of hydrogen-bond acceptors (Lipinski definition) is 3. The molecule has 1 aromatic heterocycles. The first-order valence-electron chi connectivity index (χ1n) is 7.09. The molecule has 1 aromatic rings. The van der Waals surface area contributed by atoms with Gasteiger partial charge in [0.05, 0.1) is 5.56 Å². The van der Waals surface area contributed by atoms with Crippen LogP contribution in [0.15, 0.2) is 12.1 Å². The summed E-state index contributed by atoms with van der Waals surface area (Å²) in [6.07, 6.45) is 7.48. The highest BCUT2D eigenvalue weighted by atomic mass is 16.4. The second kappa shape index (κ2) is 8.51. The van der Waals surface area contributed by atoms with E-state index in [0.29, 0.717) is 5.82 Å². The van der Waals surface area contributed by atoms with Crippen molar-refractivity contribution < 1.29 is 9.90 Å². The molecule has 0 aliphatic heterocycles. The number of aromatic carboxylic acids is 1. The molecule has 106 valence electrons. The molecule has 19 heavy (non-hydrogen) atoms. The van der Waals surface area contributed by atoms with Gasteiger partial charge in [-0.15, -0.1) is 0 Å². The van der Waals surface area contributed by atoms with Gasteiger partial charge in [0.25, 0.3) is 0 Å². The van der Waals surface area contributed by atoms with Gasteiger partial charge >= 0.3 is 5.97 Å². The van der Waals surface area contributed by atoms with E-state index in [1.807, 2.05) is 6.92 Å². The fraction of sp³-hybridized carbons (Fsp3) is 0.600. The summed E-state index contributed by atoms with van der Waals surface area (Å²) in [5.41, 5.74) is 1.02. The quantitative estimate of drug-likeness (QED) is 0.665. The lowest BCUT2D eigenvalue weighted by molar-refractivity contribution is 0.0696. The maximum Gasteiger partial charge on any atom is 0.335 e. The van der Waals surface area contributed by atoms with E-state index >= 15 is 0 Å². The predicted molar refractivity (Wildman–Crippen MR) is 77.8 cm³/mol. The highest BCUT2D eigenvalue weighted by molar-refractivity contribution is 5.88. The number of carbonyl (C=O) groups is 1. The minimum Gasteiger partial charge on any atom is -0.478 e. The van der Waals surface area contributed by atoms with Gasteiger partial charge in [-0.05, 0) is 25.5 Å². The van der Waals surface area contributed by atoms with Crippen molar-refractivity contribution in [1.29, 1.82) is 0 Å². The van der Waals surface area contributed by atoms with Crippen LogP contribution in [0.5, 0.6) is 0 Å². The molecule has 0 aliphatic rings. The third-order valence-electron chi connectivity index (χ3n) is 3.04. The molecule has 0 unspecified atom stereocenters. The molecule has 4 heteroatoms. The zero-order valence-electron chi connectivity index (χ0n) is 11.9. The Morgan fingerprint density at radius 2 is 1.89 bits per heavy atom. The van der Waals surface area contributed by atoms with E-state index in [1.54, 1.807) is 12.1 Å². The van der Waals surface area contributed by atoms with Gasteiger partial charge in [-0.3, -0.25) is 0 Å². The van der Waals surface area contributed by atoms with Crippen molar-refractivity contribution in [3.63, 3.8) is 0 Å². The topological polar surface area (TPSA) is 62.2 Å². The molecule has 1 heterocycles. The van der Waals surface area contributed by atoms with Gasteiger partial charge in [-0.25, -0.2) is 9.78 Å². The summed E-state index contributed by atoms with van der Waals surface area (Å²) >= 11 is 0. The number of unbranched alkanes of at least 4 members (excludes halogenated alkanes) is 5. The van der Waals surface area contributed by atoms with Gasteiger partial charge in [-0.1, -0.05) is 39.0 Å². The maximum absolute atomic E-state index is 10.9. The smallest absolute Gasteiger partial charge is 0.335 e. The third kappa shape index (κ3) is 6.22. The van der Waals surface area contributed by atoms with Crippen LogP contribution in [0, 0.1) is 6.92 Å². The number of hydrogen-bond donors (Lipinski definition) is 2. The van der Waals surface area contributed by atoms with Crippen LogP contribution in [-0.2, 0) is 0 Å². The summed E-state index contributed by atoms with van der Waals surface area (Å²) < 4.78 is 0. The van der Waals surface area contributed by atoms with Gasteiger partial charge in [0, 0.05) is 12.2 Å². The number of rotatable bonds is 9. The molecule has 0 atom stereocenters. The van der Waals surface area contributed by atoms with Gasteiger partial charge in [0.2, 0.25) is 0 Å². The molecule has 4 nitrogen and oxygen atoms in total. The lowest BCUT2D eigenvalue weighted by atomic mass is 10.1. The van der Waals surface area contributed by atoms with Crippen LogP contribution >= 0.6 is 0 Å². The minimum absolute atomic E-state index is 0.290. The Morgan fingerprint density at radius 3 is 2.58 bits per heavy atom. The van der Waals surface area contributed by atoms with Gasteiger partial charge in [0.1, 0.15) is 5.82 Å². The number of nitrogens with one attached hydrogen (secondary N) is 1. The first kappa shape index (κ1) is 15.5. The Kier molecular flexibility index (Phi) is 6.93. The van der Waals surface area contributed by atoms with Gasteiger partial charge in [0.15, 0.2) is 0 Å². The monoisotopic (exact) mass is 264 g/mol. The molecule has 2 N–H and O–H groups in total. The van der Waals surface area contributed by atoms with Crippen LogP contribution < -0.4 is 5.32 Å². The Morgan fingerprint density at radius 1 is 1.21 bits per heavy atom. The van der Waals surface area contributed by atoms with Crippen molar-refractivity contribution in [2.45, 2.75) is 52.4 Å². The molecule has 0 saturated heterocycles. The molecule has 0 aromatic carbocycles. The third-order valence-corrected chi connectivity index (χ3v) is 3.04. The van der Waals surface area contributed by atoms with Crippen molar-refractivity contribution in [2.24, 2.45) is 0 Å². The summed E-state index contributed by atoms with van der Waals surface area (Å²) in [7, 11) is 0. The predicted octanol–water partition coefficient (Wildman–Crippen LogP) is 3.86. The second-order valence-electron chi connectivity index (χ2n) is 4.88. The molecule has 0 amide bonds. The van der Waals surface area contributed by atoms with Crippen LogP contribution in [0.25, 0.3) is 0 Å². The summed E-state index contributed by atoms with van der Waals surface area (Å²) in [6, 6.07) is 3.17. The molecule has 0 spiro atoms. The molecule has 0 aliphatic carbocycles. The lowest BCUT2D eigenvalue weighted by Gasteiger charge is -2.07. The molecular formula is C15H24N2O2. The minimum atomic E-state index is -0.909. The zero-order chi connectivity index (χ0) is 14.1. The summed E-state index contributed by atoms with van der Waals surface area (Å²) in [5, 5.41) is 12.2. The van der Waals surface area contributed by atoms with Crippen molar-refractivity contribution in [1.82, 2.24) is 4.98 Å². The highest BCUT2D eigenvalue weighted by Gasteiger charge is 2.05. The zero-order valence-corrected chi connectivity index (χ0v) is 11.9. The van der Waals surface area contributed by atoms with E-state index in [4.69, 9.17) is 5.11 Å². The second-order valence-corrected chi connectivity index (χ2v) is 4.88. The van der Waals surface area contributed by atoms with Crippen molar-refractivity contribution in [3.05, 3.63) is 23.4 Å². The molecule has 1 rings (SSSR count). The molecule has 0 radical (unpaired) electrons. The maximum atomic E-state index is 10.9. The molecule has 0 fully saturated rings. The van der Waals surface area contributed by atoms with Gasteiger partial charge in [-0.2, -0.15) is 0 Å². The van der Waals surface area contributed by atoms with Crippen LogP contribution in [0.2, 0.25) is 0 Å². The molecule has 0 bridgehead atoms. The number of carboxylic acid groups (broad SMARTS) is 1. The van der Waals surface area contributed by atoms with E-state index in [-0.39, 0.29) is 5.56 Å². The van der Waals surface area contributed by atoms with Crippen molar-refractivity contribution in [3.8, 4) is 0 Å². The van der Waals surface area contributed by atoms with Crippen molar-refractivity contribution >= 4 is 11.8 Å². The summed E-state index contributed by atoms with van der Waals surface area (Å²) in [6.45, 7) is 4.87. The van der Waals surface area contributed by atoms with Gasteiger partial charge < -0.3 is 10.4 Å². The first-order valence-corrected chi connectivity index (χ1v) is 7.09. The van der Waals surface area contributed by atoms with E-state index in [9.17, 15) is 4.79 Å². The van der Waals surface area contributed by atoms with E-state index < -0.39 is 5.97 Å². The fourth-order valence-corrected chi connectivity index (χ4v) is 2.00. The summed E-state index contributed by atoms with van der Waals surface area (Å²) in [5.74, 6) is -0.251. The van der Waals surface area contributed by atoms with Crippen molar-refractivity contribution in [2.75, 3.05) is 11.9 Å². The standard InChI is InChI=1S/C15H24N2O2/c1-3-4-5-6-7-8-9-16-14-11-13(15(18)19)10-12(2)17-14/h10-11H,3-9H2,1-2H3,(H,16,17)(H,18,19). The van der Waals surface area contributed by atoms with Crippen LogP contribution in [0.1, 0.15) is 61.5 Å². The van der Waals surface area contributed by atoms with Crippen LogP contribution in [-0.4, -0.2) is 22.6 Å². The summed E-state index contributed by atoms with van der Waals surface area (Å²) in [4.78, 5) is 15.2. The average molecular weight is 264 g/mol. The van der Waals surface area contributed by atoms with Crippen LogP contribution in [0.3, 0.4) is 0 Å². The number of anilines is 1. The number of nitrogens with zero attached hydrogens (tertiary/aromatic N) is 1. The first-order chi connectivity index (χ1) is 9.13. The Labute approximate surface area is 115 Å². The lowest BCUT2D eigenvalue weighted by Crippen LogP contribution is -2.06. The van der Waals surface area contributed by atoms with E-state index in [0.717, 1.165) is 18.7 Å².